The maximum Gasteiger partial charge on any atom is 0.0366 e. The molecule has 0 unspecified atom stereocenters. The Morgan fingerprint density at radius 2 is 0.897 bits per heavy atom. The summed E-state index contributed by atoms with van der Waals surface area (Å²) in [5.41, 5.74) is 5.32. The molecule has 0 amide bonds. The van der Waals surface area contributed by atoms with Gasteiger partial charge in [-0.2, -0.15) is 0 Å². The van der Waals surface area contributed by atoms with Crippen molar-refractivity contribution in [3.63, 3.8) is 0 Å². The molecule has 0 fully saturated rings. The molecule has 0 aliphatic carbocycles. The molecule has 0 spiro atoms. The van der Waals surface area contributed by atoms with Crippen molar-refractivity contribution >= 4 is 11.4 Å². The highest BCUT2D eigenvalue weighted by molar-refractivity contribution is 5.48. The second-order valence-electron chi connectivity index (χ2n) is 7.38. The lowest BCUT2D eigenvalue weighted by Crippen LogP contribution is -2.23. The van der Waals surface area contributed by atoms with Gasteiger partial charge in [0.05, 0.1) is 0 Å². The Morgan fingerprint density at radius 3 is 1.21 bits per heavy atom. The first-order valence-corrected chi connectivity index (χ1v) is 11.3. The van der Waals surface area contributed by atoms with Crippen LogP contribution in [-0.4, -0.2) is 39.3 Å². The lowest BCUT2D eigenvalue weighted by Gasteiger charge is -2.21. The molecular weight excluding hydrogens is 356 g/mol. The highest BCUT2D eigenvalue weighted by atomic mass is 15.1. The summed E-state index contributed by atoms with van der Waals surface area (Å²) in [6.07, 6.45) is 1.13. The van der Waals surface area contributed by atoms with Crippen LogP contribution in [-0.2, 0) is 13.1 Å². The predicted molar refractivity (Wildman–Crippen MR) is 128 cm³/mol. The second kappa shape index (κ2) is 13.2. The Bertz CT molecular complexity index is 599. The highest BCUT2D eigenvalue weighted by Gasteiger charge is 2.02. The fourth-order valence-corrected chi connectivity index (χ4v) is 3.63. The third-order valence-corrected chi connectivity index (χ3v) is 5.50. The van der Waals surface area contributed by atoms with Crippen LogP contribution in [0, 0.1) is 0 Å². The van der Waals surface area contributed by atoms with Gasteiger partial charge in [0.25, 0.3) is 0 Å². The molecule has 0 radical (unpaired) electrons. The summed E-state index contributed by atoms with van der Waals surface area (Å²) < 4.78 is 0. The molecule has 0 bridgehead atoms. The largest absolute Gasteiger partial charge is 0.372 e. The Hall–Kier alpha value is -2.04. The molecule has 160 valence electrons. The summed E-state index contributed by atoms with van der Waals surface area (Å²) in [5.74, 6) is 0. The minimum atomic E-state index is 0.936. The van der Waals surface area contributed by atoms with Crippen LogP contribution < -0.4 is 20.4 Å². The zero-order valence-corrected chi connectivity index (χ0v) is 18.9. The van der Waals surface area contributed by atoms with Crippen LogP contribution in [0.3, 0.4) is 0 Å². The summed E-state index contributed by atoms with van der Waals surface area (Å²) in [7, 11) is 0. The quantitative estimate of drug-likeness (QED) is 0.455. The highest BCUT2D eigenvalue weighted by Crippen LogP contribution is 2.15. The van der Waals surface area contributed by atoms with E-state index in [4.69, 9.17) is 0 Å². The first kappa shape index (κ1) is 23.2. The van der Waals surface area contributed by atoms with Crippen LogP contribution in [0.2, 0.25) is 0 Å². The van der Waals surface area contributed by atoms with Gasteiger partial charge in [-0.3, -0.25) is 0 Å². The second-order valence-corrected chi connectivity index (χ2v) is 7.38. The molecule has 0 aliphatic rings. The fraction of sp³-hybridized carbons (Fsp3) is 0.520. The average Bonchev–Trinajstić information content (AvgIpc) is 2.77. The van der Waals surface area contributed by atoms with E-state index in [9.17, 15) is 0 Å². The van der Waals surface area contributed by atoms with Crippen molar-refractivity contribution in [2.45, 2.75) is 47.2 Å². The van der Waals surface area contributed by atoms with E-state index < -0.39 is 0 Å². The molecule has 0 saturated carbocycles. The lowest BCUT2D eigenvalue weighted by molar-refractivity contribution is 0.595. The third-order valence-electron chi connectivity index (χ3n) is 5.50. The van der Waals surface area contributed by atoms with Gasteiger partial charge in [0.2, 0.25) is 0 Å². The molecular formula is C25H40N4. The van der Waals surface area contributed by atoms with Crippen molar-refractivity contribution in [3.8, 4) is 0 Å². The van der Waals surface area contributed by atoms with Crippen LogP contribution in [0.1, 0.15) is 45.2 Å². The number of nitrogens with one attached hydrogen (secondary N) is 2. The van der Waals surface area contributed by atoms with E-state index in [0.717, 1.165) is 58.8 Å². The number of hydrogen-bond donors (Lipinski definition) is 2. The average molecular weight is 397 g/mol. The normalized spacial score (nSPS) is 10.9. The fourth-order valence-electron chi connectivity index (χ4n) is 3.63. The van der Waals surface area contributed by atoms with Gasteiger partial charge in [0.1, 0.15) is 0 Å². The van der Waals surface area contributed by atoms with E-state index in [1.165, 1.54) is 22.5 Å². The predicted octanol–water partition coefficient (Wildman–Crippen LogP) is 4.65. The van der Waals surface area contributed by atoms with Crippen molar-refractivity contribution < 1.29 is 0 Å². The van der Waals surface area contributed by atoms with Crippen molar-refractivity contribution in [2.75, 3.05) is 49.1 Å². The summed E-state index contributed by atoms with van der Waals surface area (Å²) in [6.45, 7) is 17.0. The number of hydrogen-bond acceptors (Lipinski definition) is 4. The maximum absolute atomic E-state index is 3.55. The van der Waals surface area contributed by atoms with Gasteiger partial charge in [0, 0.05) is 50.6 Å². The van der Waals surface area contributed by atoms with E-state index in [-0.39, 0.29) is 0 Å². The molecule has 2 N–H and O–H groups in total. The van der Waals surface area contributed by atoms with Crippen LogP contribution in [0.15, 0.2) is 48.5 Å². The minimum Gasteiger partial charge on any atom is -0.372 e. The first-order valence-electron chi connectivity index (χ1n) is 11.3. The van der Waals surface area contributed by atoms with Crippen LogP contribution in [0.4, 0.5) is 11.4 Å². The van der Waals surface area contributed by atoms with Gasteiger partial charge in [-0.15, -0.1) is 0 Å². The molecule has 4 nitrogen and oxygen atoms in total. The van der Waals surface area contributed by atoms with Crippen molar-refractivity contribution in [1.82, 2.24) is 10.6 Å². The van der Waals surface area contributed by atoms with E-state index >= 15 is 0 Å². The molecule has 4 heteroatoms. The number of rotatable bonds is 14. The summed E-state index contributed by atoms with van der Waals surface area (Å²) in [5, 5.41) is 7.10. The van der Waals surface area contributed by atoms with Gasteiger partial charge < -0.3 is 20.4 Å². The summed E-state index contributed by atoms with van der Waals surface area (Å²) in [4.78, 5) is 4.75. The molecule has 0 atom stereocenters. The number of nitrogens with zero attached hydrogens (tertiary/aromatic N) is 2. The molecule has 2 rings (SSSR count). The van der Waals surface area contributed by atoms with Crippen LogP contribution >= 0.6 is 0 Å². The minimum absolute atomic E-state index is 0.936. The Kier molecular flexibility index (Phi) is 10.6. The first-order chi connectivity index (χ1) is 14.2. The third kappa shape index (κ3) is 7.71. The van der Waals surface area contributed by atoms with E-state index in [2.05, 4.69) is 96.7 Å². The van der Waals surface area contributed by atoms with Gasteiger partial charge in [-0.1, -0.05) is 24.3 Å². The zero-order chi connectivity index (χ0) is 20.9. The van der Waals surface area contributed by atoms with Crippen molar-refractivity contribution in [2.24, 2.45) is 0 Å². The van der Waals surface area contributed by atoms with E-state index in [0.29, 0.717) is 0 Å². The summed E-state index contributed by atoms with van der Waals surface area (Å²) >= 11 is 0. The molecule has 0 heterocycles. The van der Waals surface area contributed by atoms with Crippen molar-refractivity contribution in [1.29, 1.82) is 0 Å². The molecule has 0 aliphatic heterocycles. The van der Waals surface area contributed by atoms with Crippen LogP contribution in [0.5, 0.6) is 0 Å². The van der Waals surface area contributed by atoms with E-state index in [1.54, 1.807) is 0 Å². The standard InChI is InChI=1S/C25H40N4/c1-5-28(6-2)24-14-10-22(11-15-24)20-26-18-9-19-27-21-23-12-16-25(17-13-23)29(7-3)8-4/h10-17,26-27H,5-9,18-21H2,1-4H3. The monoisotopic (exact) mass is 396 g/mol. The van der Waals surface area contributed by atoms with Gasteiger partial charge >= 0.3 is 0 Å². The molecule has 29 heavy (non-hydrogen) atoms. The smallest absolute Gasteiger partial charge is 0.0366 e. The number of benzene rings is 2. The zero-order valence-electron chi connectivity index (χ0n) is 18.9. The lowest BCUT2D eigenvalue weighted by atomic mass is 10.2. The van der Waals surface area contributed by atoms with Crippen LogP contribution in [0.25, 0.3) is 0 Å². The molecule has 2 aromatic carbocycles. The van der Waals surface area contributed by atoms with Gasteiger partial charge in [-0.05, 0) is 82.6 Å². The topological polar surface area (TPSA) is 30.5 Å². The Balaban J connectivity index is 1.59. The Labute approximate surface area is 178 Å². The Morgan fingerprint density at radius 1 is 0.552 bits per heavy atom. The van der Waals surface area contributed by atoms with E-state index in [1.807, 2.05) is 0 Å². The maximum atomic E-state index is 3.55. The SMILES string of the molecule is CCN(CC)c1ccc(CNCCCNCc2ccc(N(CC)CC)cc2)cc1. The van der Waals surface area contributed by atoms with Crippen molar-refractivity contribution in [3.05, 3.63) is 59.7 Å². The van der Waals surface area contributed by atoms with Gasteiger partial charge in [0.15, 0.2) is 0 Å². The number of anilines is 2. The molecule has 0 aromatic heterocycles. The molecule has 0 saturated heterocycles. The van der Waals surface area contributed by atoms with Gasteiger partial charge in [-0.25, -0.2) is 0 Å². The summed E-state index contributed by atoms with van der Waals surface area (Å²) in [6, 6.07) is 17.9. The molecule has 2 aromatic rings.